The number of rotatable bonds is 7. The average Bonchev–Trinajstić information content (AvgIpc) is 2.82. The van der Waals surface area contributed by atoms with E-state index < -0.39 is 0 Å². The van der Waals surface area contributed by atoms with E-state index in [0.29, 0.717) is 6.61 Å². The number of unbranched alkanes of at least 4 members (excludes halogenated alkanes) is 1. The Morgan fingerprint density at radius 3 is 2.56 bits per heavy atom. The molecule has 0 spiro atoms. The number of ether oxygens (including phenoxy) is 1. The van der Waals surface area contributed by atoms with E-state index in [2.05, 4.69) is 56.3 Å². The molecular formula is C24H32O2S. The molecule has 1 unspecified atom stereocenters. The van der Waals surface area contributed by atoms with Crippen molar-refractivity contribution in [1.82, 2.24) is 0 Å². The van der Waals surface area contributed by atoms with Crippen LogP contribution in [0.25, 0.3) is 0 Å². The van der Waals surface area contributed by atoms with Crippen LogP contribution in [0.4, 0.5) is 0 Å². The highest BCUT2D eigenvalue weighted by Crippen LogP contribution is 2.51. The third-order valence-corrected chi connectivity index (χ3v) is 7.36. The lowest BCUT2D eigenvalue weighted by Gasteiger charge is -2.39. The van der Waals surface area contributed by atoms with E-state index in [1.165, 1.54) is 16.0 Å². The van der Waals surface area contributed by atoms with Crippen molar-refractivity contribution in [2.45, 2.75) is 63.4 Å². The van der Waals surface area contributed by atoms with Gasteiger partial charge < -0.3 is 9.84 Å². The van der Waals surface area contributed by atoms with Gasteiger partial charge in [0.2, 0.25) is 0 Å². The highest BCUT2D eigenvalue weighted by Gasteiger charge is 2.44. The molecule has 0 bridgehead atoms. The van der Waals surface area contributed by atoms with Crippen molar-refractivity contribution in [1.29, 1.82) is 0 Å². The highest BCUT2D eigenvalue weighted by molar-refractivity contribution is 7.99. The Bertz CT molecular complexity index is 730. The Hall–Kier alpha value is -1.45. The van der Waals surface area contributed by atoms with Crippen molar-refractivity contribution in [3.8, 4) is 5.75 Å². The molecule has 0 aromatic heterocycles. The smallest absolute Gasteiger partial charge is 0.120 e. The zero-order chi connectivity index (χ0) is 19.3. The number of fused-ring (bicyclic) bond motifs is 1. The summed E-state index contributed by atoms with van der Waals surface area (Å²) >= 11 is 1.89. The molecule has 1 N–H and O–H groups in total. The van der Waals surface area contributed by atoms with Crippen molar-refractivity contribution < 1.29 is 9.84 Å². The first-order chi connectivity index (χ1) is 13.1. The first-order valence-electron chi connectivity index (χ1n) is 10.3. The summed E-state index contributed by atoms with van der Waals surface area (Å²) in [6.45, 7) is 7.16. The van der Waals surface area contributed by atoms with E-state index in [1.54, 1.807) is 0 Å². The largest absolute Gasteiger partial charge is 0.494 e. The summed E-state index contributed by atoms with van der Waals surface area (Å²) in [7, 11) is 0. The maximum Gasteiger partial charge on any atom is 0.120 e. The van der Waals surface area contributed by atoms with Crippen molar-refractivity contribution in [2.24, 2.45) is 5.41 Å². The van der Waals surface area contributed by atoms with Crippen molar-refractivity contribution >= 4 is 11.8 Å². The molecular weight excluding hydrogens is 352 g/mol. The van der Waals surface area contributed by atoms with Gasteiger partial charge in [-0.2, -0.15) is 0 Å². The summed E-state index contributed by atoms with van der Waals surface area (Å²) in [6.07, 6.45) is 4.01. The minimum absolute atomic E-state index is 0.00341. The standard InChI is InChI=1S/C24H32O2S/c1-4-7-15-24(5-2)17-27-21-16-19(26-6-3)13-14-20(21)22(23(24)25)18-11-9-8-10-12-18/h8-14,16,22-23,25H,4-7,15,17H2,1-3H3/t22-,23?,24+/m1/s1. The molecule has 1 aliphatic rings. The van der Waals surface area contributed by atoms with E-state index >= 15 is 0 Å². The topological polar surface area (TPSA) is 29.5 Å². The molecule has 0 saturated carbocycles. The molecule has 27 heavy (non-hydrogen) atoms. The van der Waals surface area contributed by atoms with Gasteiger partial charge in [0.1, 0.15) is 5.75 Å². The molecule has 0 saturated heterocycles. The van der Waals surface area contributed by atoms with Crippen LogP contribution in [-0.2, 0) is 0 Å². The lowest BCUT2D eigenvalue weighted by molar-refractivity contribution is 0.0182. The molecule has 146 valence electrons. The van der Waals surface area contributed by atoms with Gasteiger partial charge >= 0.3 is 0 Å². The third kappa shape index (κ3) is 4.20. The van der Waals surface area contributed by atoms with Crippen LogP contribution in [-0.4, -0.2) is 23.6 Å². The van der Waals surface area contributed by atoms with Crippen LogP contribution in [0.3, 0.4) is 0 Å². The molecule has 0 amide bonds. The zero-order valence-electron chi connectivity index (χ0n) is 16.8. The van der Waals surface area contributed by atoms with Crippen LogP contribution < -0.4 is 4.74 Å². The second-order valence-corrected chi connectivity index (χ2v) is 8.59. The van der Waals surface area contributed by atoms with Crippen molar-refractivity contribution in [2.75, 3.05) is 12.4 Å². The monoisotopic (exact) mass is 384 g/mol. The number of aliphatic hydroxyl groups excluding tert-OH is 1. The lowest BCUT2D eigenvalue weighted by Crippen LogP contribution is -2.40. The van der Waals surface area contributed by atoms with Gasteiger partial charge in [0, 0.05) is 22.0 Å². The minimum atomic E-state index is -0.386. The minimum Gasteiger partial charge on any atom is -0.494 e. The second-order valence-electron chi connectivity index (χ2n) is 7.57. The summed E-state index contributed by atoms with van der Waals surface area (Å²) in [4.78, 5) is 1.25. The van der Waals surface area contributed by atoms with Gasteiger partial charge in [0.25, 0.3) is 0 Å². The summed E-state index contributed by atoms with van der Waals surface area (Å²) in [6, 6.07) is 16.9. The number of aliphatic hydroxyl groups is 1. The summed E-state index contributed by atoms with van der Waals surface area (Å²) in [5.41, 5.74) is 2.37. The van der Waals surface area contributed by atoms with Crippen LogP contribution >= 0.6 is 11.8 Å². The molecule has 2 aromatic rings. The highest BCUT2D eigenvalue weighted by atomic mass is 32.2. The Morgan fingerprint density at radius 2 is 1.89 bits per heavy atom. The molecule has 0 fully saturated rings. The quantitative estimate of drug-likeness (QED) is 0.610. The predicted molar refractivity (Wildman–Crippen MR) is 115 cm³/mol. The van der Waals surface area contributed by atoms with Crippen LogP contribution in [0.2, 0.25) is 0 Å². The Labute approximate surface area is 168 Å². The van der Waals surface area contributed by atoms with Crippen LogP contribution in [0.1, 0.15) is 63.5 Å². The second kappa shape index (κ2) is 9.16. The molecule has 0 radical (unpaired) electrons. The molecule has 3 heteroatoms. The van der Waals surface area contributed by atoms with E-state index in [4.69, 9.17) is 4.74 Å². The molecule has 3 rings (SSSR count). The maximum atomic E-state index is 11.7. The van der Waals surface area contributed by atoms with Crippen molar-refractivity contribution in [3.63, 3.8) is 0 Å². The van der Waals surface area contributed by atoms with E-state index in [-0.39, 0.29) is 17.4 Å². The first-order valence-corrected chi connectivity index (χ1v) is 11.3. The van der Waals surface area contributed by atoms with Crippen LogP contribution in [0.5, 0.6) is 5.75 Å². The van der Waals surface area contributed by atoms with Gasteiger partial charge in [0.05, 0.1) is 12.7 Å². The Morgan fingerprint density at radius 1 is 1.11 bits per heavy atom. The van der Waals surface area contributed by atoms with Crippen molar-refractivity contribution in [3.05, 3.63) is 59.7 Å². The average molecular weight is 385 g/mol. The predicted octanol–water partition coefficient (Wildman–Crippen LogP) is 6.27. The maximum absolute atomic E-state index is 11.7. The third-order valence-electron chi connectivity index (χ3n) is 5.98. The Balaban J connectivity index is 2.10. The Kier molecular flexibility index (Phi) is 6.88. The molecule has 2 nitrogen and oxygen atoms in total. The molecule has 1 heterocycles. The molecule has 1 aliphatic heterocycles. The zero-order valence-corrected chi connectivity index (χ0v) is 17.6. The number of hydrogen-bond acceptors (Lipinski definition) is 3. The fraction of sp³-hybridized carbons (Fsp3) is 0.500. The first kappa shape index (κ1) is 20.3. The fourth-order valence-electron chi connectivity index (χ4n) is 4.24. The van der Waals surface area contributed by atoms with Crippen LogP contribution in [0, 0.1) is 5.41 Å². The van der Waals surface area contributed by atoms with Gasteiger partial charge in [-0.3, -0.25) is 0 Å². The fourth-order valence-corrected chi connectivity index (χ4v) is 5.77. The SMILES string of the molecule is CCCC[C@@]1(CC)CSc2cc(OCC)ccc2[C@@H](c2ccccc2)C1O. The number of hydrogen-bond donors (Lipinski definition) is 1. The van der Waals surface area contributed by atoms with Gasteiger partial charge in [-0.25, -0.2) is 0 Å². The normalized spacial score (nSPS) is 24.9. The van der Waals surface area contributed by atoms with Gasteiger partial charge in [-0.05, 0) is 43.0 Å². The molecule has 0 aliphatic carbocycles. The van der Waals surface area contributed by atoms with Crippen LogP contribution in [0.15, 0.2) is 53.4 Å². The lowest BCUT2D eigenvalue weighted by atomic mass is 9.69. The van der Waals surface area contributed by atoms with E-state index in [0.717, 1.165) is 37.2 Å². The summed E-state index contributed by atoms with van der Waals surface area (Å²) in [5.74, 6) is 1.88. The van der Waals surface area contributed by atoms with Gasteiger partial charge in [0.15, 0.2) is 0 Å². The number of thioether (sulfide) groups is 1. The summed E-state index contributed by atoms with van der Waals surface area (Å²) in [5, 5.41) is 11.7. The van der Waals surface area contributed by atoms with E-state index in [9.17, 15) is 5.11 Å². The van der Waals surface area contributed by atoms with E-state index in [1.807, 2.05) is 24.8 Å². The van der Waals surface area contributed by atoms with Gasteiger partial charge in [-0.1, -0.05) is 63.1 Å². The number of benzene rings is 2. The summed E-state index contributed by atoms with van der Waals surface area (Å²) < 4.78 is 5.75. The van der Waals surface area contributed by atoms with Gasteiger partial charge in [-0.15, -0.1) is 11.8 Å². The molecule has 3 atom stereocenters. The molecule has 2 aromatic carbocycles.